The Hall–Kier alpha value is -1.85. The lowest BCUT2D eigenvalue weighted by Gasteiger charge is -2.46. The van der Waals surface area contributed by atoms with Crippen LogP contribution in [0, 0.1) is 5.92 Å². The van der Waals surface area contributed by atoms with E-state index in [0.29, 0.717) is 6.04 Å². The van der Waals surface area contributed by atoms with E-state index in [2.05, 4.69) is 27.9 Å². The molecule has 3 heterocycles. The van der Waals surface area contributed by atoms with Crippen molar-refractivity contribution >= 4 is 21.9 Å². The van der Waals surface area contributed by atoms with E-state index in [4.69, 9.17) is 9.47 Å². The lowest BCUT2D eigenvalue weighted by molar-refractivity contribution is -0.160. The average Bonchev–Trinajstić information content (AvgIpc) is 3.65. The van der Waals surface area contributed by atoms with Crippen molar-refractivity contribution in [2.75, 3.05) is 12.9 Å². The fraction of sp³-hybridized carbons (Fsp3) is 0.519. The predicted octanol–water partition coefficient (Wildman–Crippen LogP) is 6.06. The predicted molar refractivity (Wildman–Crippen MR) is 130 cm³/mol. The molecule has 0 N–H and O–H groups in total. The third-order valence-electron chi connectivity index (χ3n) is 8.37. The van der Waals surface area contributed by atoms with E-state index in [1.165, 1.54) is 25.7 Å². The molecule has 4 aliphatic rings. The van der Waals surface area contributed by atoms with E-state index < -0.39 is 5.41 Å². The minimum absolute atomic E-state index is 0.000736. The van der Waals surface area contributed by atoms with Crippen LogP contribution in [-0.2, 0) is 14.9 Å². The number of hydrogen-bond donors (Lipinski definition) is 0. The Morgan fingerprint density at radius 3 is 2.22 bits per heavy atom. The number of alkyl halides is 1. The van der Waals surface area contributed by atoms with Crippen LogP contribution in [0.3, 0.4) is 0 Å². The van der Waals surface area contributed by atoms with E-state index in [9.17, 15) is 4.79 Å². The number of fused-ring (bicyclic) bond motifs is 4. The molecule has 170 valence electrons. The normalized spacial score (nSPS) is 29.6. The number of piperidine rings is 1. The van der Waals surface area contributed by atoms with Crippen LogP contribution in [0.25, 0.3) is 0 Å². The van der Waals surface area contributed by atoms with Gasteiger partial charge in [-0.05, 0) is 63.5 Å². The van der Waals surface area contributed by atoms with Gasteiger partial charge in [0.25, 0.3) is 0 Å². The zero-order chi connectivity index (χ0) is 22.5. The van der Waals surface area contributed by atoms with Gasteiger partial charge in [-0.2, -0.15) is 0 Å². The molecular weight excluding hydrogens is 466 g/mol. The summed E-state index contributed by atoms with van der Waals surface area (Å²) < 4.78 is 12.5. The van der Waals surface area contributed by atoms with Crippen LogP contribution in [0.2, 0.25) is 0 Å². The van der Waals surface area contributed by atoms with Crippen molar-refractivity contribution in [2.24, 2.45) is 5.92 Å². The molecule has 0 aromatic heterocycles. The van der Waals surface area contributed by atoms with Crippen molar-refractivity contribution in [1.29, 1.82) is 0 Å². The molecule has 0 spiro atoms. The number of benzene rings is 2. The van der Waals surface area contributed by atoms with Crippen molar-refractivity contribution < 1.29 is 14.3 Å². The number of para-hydroxylation sites is 2. The molecule has 2 aromatic rings. The van der Waals surface area contributed by atoms with Gasteiger partial charge in [-0.25, -0.2) is 0 Å². The molecule has 6 rings (SSSR count). The van der Waals surface area contributed by atoms with Crippen molar-refractivity contribution in [1.82, 2.24) is 4.90 Å². The van der Waals surface area contributed by atoms with Crippen LogP contribution >= 0.6 is 15.9 Å². The smallest absolute Gasteiger partial charge is 0.321 e. The Labute approximate surface area is 199 Å². The molecule has 3 aliphatic heterocycles. The maximum Gasteiger partial charge on any atom is 0.321 e. The number of halogens is 1. The molecule has 2 bridgehead atoms. The van der Waals surface area contributed by atoms with Crippen LogP contribution in [0.1, 0.15) is 56.6 Å². The van der Waals surface area contributed by atoms with Crippen molar-refractivity contribution in [3.63, 3.8) is 0 Å². The molecule has 32 heavy (non-hydrogen) atoms. The number of nitrogens with zero attached hydrogens (tertiary/aromatic N) is 1. The molecule has 3 atom stereocenters. The third kappa shape index (κ3) is 3.23. The van der Waals surface area contributed by atoms with Crippen LogP contribution < -0.4 is 4.74 Å². The summed E-state index contributed by atoms with van der Waals surface area (Å²) in [5, 5.41) is 0. The van der Waals surface area contributed by atoms with E-state index in [1.54, 1.807) is 0 Å². The SMILES string of the molecule is CBr.CN1C2CCC1(C1CC1)CC(OC(=O)C1(C)c3ccccc3Oc3ccccc31)C2. The zero-order valence-corrected chi connectivity index (χ0v) is 20.7. The number of hydrogen-bond acceptors (Lipinski definition) is 4. The molecule has 0 amide bonds. The number of rotatable bonds is 3. The summed E-state index contributed by atoms with van der Waals surface area (Å²) in [6.45, 7) is 2.00. The van der Waals surface area contributed by atoms with Gasteiger partial charge < -0.3 is 9.47 Å². The van der Waals surface area contributed by atoms with Gasteiger partial charge in [0.15, 0.2) is 0 Å². The van der Waals surface area contributed by atoms with Crippen LogP contribution in [0.15, 0.2) is 48.5 Å². The quantitative estimate of drug-likeness (QED) is 0.381. The van der Waals surface area contributed by atoms with E-state index in [-0.39, 0.29) is 17.6 Å². The minimum atomic E-state index is -0.861. The molecule has 1 aliphatic carbocycles. The lowest BCUT2D eigenvalue weighted by atomic mass is 9.74. The van der Waals surface area contributed by atoms with Crippen molar-refractivity contribution in [3.05, 3.63) is 59.7 Å². The highest BCUT2D eigenvalue weighted by Crippen LogP contribution is 2.56. The highest BCUT2D eigenvalue weighted by atomic mass is 79.9. The van der Waals surface area contributed by atoms with Gasteiger partial charge >= 0.3 is 5.97 Å². The molecule has 3 unspecified atom stereocenters. The van der Waals surface area contributed by atoms with Gasteiger partial charge in [0.05, 0.1) is 0 Å². The van der Waals surface area contributed by atoms with Crippen molar-refractivity contribution in [2.45, 2.75) is 68.5 Å². The molecule has 3 fully saturated rings. The van der Waals surface area contributed by atoms with Gasteiger partial charge in [-0.1, -0.05) is 52.3 Å². The molecule has 0 radical (unpaired) electrons. The fourth-order valence-corrected chi connectivity index (χ4v) is 6.51. The number of carbonyl (C=O) groups excluding carboxylic acids is 1. The monoisotopic (exact) mass is 497 g/mol. The second-order valence-corrected chi connectivity index (χ2v) is 9.87. The highest BCUT2D eigenvalue weighted by molar-refractivity contribution is 9.08. The summed E-state index contributed by atoms with van der Waals surface area (Å²) in [6, 6.07) is 16.3. The van der Waals surface area contributed by atoms with Gasteiger partial charge in [0.2, 0.25) is 0 Å². The van der Waals surface area contributed by atoms with Gasteiger partial charge in [-0.3, -0.25) is 9.69 Å². The summed E-state index contributed by atoms with van der Waals surface area (Å²) in [5.74, 6) is 3.94. The maximum atomic E-state index is 13.8. The van der Waals surface area contributed by atoms with Crippen LogP contribution in [0.4, 0.5) is 0 Å². The maximum absolute atomic E-state index is 13.8. The third-order valence-corrected chi connectivity index (χ3v) is 8.37. The molecule has 4 nitrogen and oxygen atoms in total. The topological polar surface area (TPSA) is 38.8 Å². The van der Waals surface area contributed by atoms with Crippen LogP contribution in [-0.4, -0.2) is 41.4 Å². The van der Waals surface area contributed by atoms with E-state index in [1.807, 2.05) is 61.3 Å². The van der Waals surface area contributed by atoms with Gasteiger partial charge in [0.1, 0.15) is 23.0 Å². The molecule has 5 heteroatoms. The number of ether oxygens (including phenoxy) is 2. The van der Waals surface area contributed by atoms with E-state index in [0.717, 1.165) is 41.4 Å². The highest BCUT2D eigenvalue weighted by Gasteiger charge is 2.58. The molecule has 2 aromatic carbocycles. The number of carbonyl (C=O) groups is 1. The summed E-state index contributed by atoms with van der Waals surface area (Å²) in [7, 11) is 2.29. The van der Waals surface area contributed by atoms with Crippen LogP contribution in [0.5, 0.6) is 11.5 Å². The van der Waals surface area contributed by atoms with Gasteiger partial charge in [0, 0.05) is 35.5 Å². The standard InChI is InChI=1S/C26H29NO3.CH3Br/c1-25(20-7-3-5-9-22(20)30-23-10-6-4-8-21(23)25)24(28)29-19-15-18-13-14-26(16-19,27(18)2)17-11-12-17;1-2/h3-10,17-19H,11-16H2,1-2H3;1H3. The summed E-state index contributed by atoms with van der Waals surface area (Å²) in [6.07, 6.45) is 7.07. The molecule has 2 saturated heterocycles. The first-order chi connectivity index (χ1) is 15.5. The summed E-state index contributed by atoms with van der Waals surface area (Å²) >= 11 is 2.94. The Morgan fingerprint density at radius 1 is 1.03 bits per heavy atom. The van der Waals surface area contributed by atoms with E-state index >= 15 is 0 Å². The van der Waals surface area contributed by atoms with Gasteiger partial charge in [-0.15, -0.1) is 0 Å². The largest absolute Gasteiger partial charge is 0.461 e. The minimum Gasteiger partial charge on any atom is -0.461 e. The number of esters is 1. The Bertz CT molecular complexity index is 974. The first-order valence-corrected chi connectivity index (χ1v) is 13.3. The first kappa shape index (κ1) is 22.0. The second kappa shape index (κ2) is 8.18. The average molecular weight is 498 g/mol. The zero-order valence-electron chi connectivity index (χ0n) is 19.1. The Balaban J connectivity index is 0.00000105. The molecular formula is C27H32BrNO3. The Morgan fingerprint density at radius 2 is 1.62 bits per heavy atom. The van der Waals surface area contributed by atoms with Crippen molar-refractivity contribution in [3.8, 4) is 11.5 Å². The second-order valence-electron chi connectivity index (χ2n) is 9.87. The lowest BCUT2D eigenvalue weighted by Crippen LogP contribution is -2.54. The Kier molecular flexibility index (Phi) is 5.61. The summed E-state index contributed by atoms with van der Waals surface area (Å²) in [4.78, 5) is 16.4. The summed E-state index contributed by atoms with van der Waals surface area (Å²) in [5.41, 5.74) is 1.17. The first-order valence-electron chi connectivity index (χ1n) is 11.7. The molecule has 1 saturated carbocycles. The fourth-order valence-electron chi connectivity index (χ4n) is 6.51.